The Morgan fingerprint density at radius 1 is 1.61 bits per heavy atom. The predicted molar refractivity (Wildman–Crippen MR) is 68.6 cm³/mol. The van der Waals surface area contributed by atoms with Gasteiger partial charge in [0.05, 0.1) is 5.69 Å². The van der Waals surface area contributed by atoms with E-state index in [0.717, 1.165) is 24.3 Å². The summed E-state index contributed by atoms with van der Waals surface area (Å²) in [4.78, 5) is 15.5. The number of thioether (sulfide) groups is 1. The van der Waals surface area contributed by atoms with E-state index in [4.69, 9.17) is 15.3 Å². The summed E-state index contributed by atoms with van der Waals surface area (Å²) < 4.78 is 5.51. The van der Waals surface area contributed by atoms with Crippen molar-refractivity contribution in [3.8, 4) is 0 Å². The number of nitrogens with zero attached hydrogens (tertiary/aromatic N) is 1. The average molecular weight is 270 g/mol. The first kappa shape index (κ1) is 13.4. The summed E-state index contributed by atoms with van der Waals surface area (Å²) in [5.41, 5.74) is 5.71. The molecule has 6 heteroatoms. The number of carbonyl (C=O) groups is 1. The molecule has 1 aromatic rings. The molecule has 0 bridgehead atoms. The van der Waals surface area contributed by atoms with E-state index in [1.54, 1.807) is 0 Å². The highest BCUT2D eigenvalue weighted by Gasteiger charge is 2.40. The van der Waals surface area contributed by atoms with Gasteiger partial charge in [-0.3, -0.25) is 4.79 Å². The van der Waals surface area contributed by atoms with Crippen LogP contribution in [0.1, 0.15) is 37.1 Å². The van der Waals surface area contributed by atoms with E-state index < -0.39 is 11.5 Å². The monoisotopic (exact) mass is 270 g/mol. The number of nitrogens with two attached hydrogens (primary N) is 1. The van der Waals surface area contributed by atoms with E-state index in [0.29, 0.717) is 18.1 Å². The van der Waals surface area contributed by atoms with E-state index in [9.17, 15) is 4.79 Å². The van der Waals surface area contributed by atoms with Gasteiger partial charge in [-0.2, -0.15) is 0 Å². The SMILES string of the molecule is Cc1nc(SC2CCCC(N)(C(=O)O)C2)oc1C. The average Bonchev–Trinajstić information content (AvgIpc) is 2.57. The van der Waals surface area contributed by atoms with E-state index in [-0.39, 0.29) is 5.25 Å². The third kappa shape index (κ3) is 2.70. The molecule has 0 spiro atoms. The van der Waals surface area contributed by atoms with Gasteiger partial charge in [-0.15, -0.1) is 0 Å². The lowest BCUT2D eigenvalue weighted by atomic mass is 9.82. The molecule has 1 fully saturated rings. The van der Waals surface area contributed by atoms with Crippen LogP contribution >= 0.6 is 11.8 Å². The largest absolute Gasteiger partial charge is 0.480 e. The molecule has 2 unspecified atom stereocenters. The third-order valence-electron chi connectivity index (χ3n) is 3.44. The Morgan fingerprint density at radius 2 is 2.33 bits per heavy atom. The maximum atomic E-state index is 11.2. The van der Waals surface area contributed by atoms with Crippen LogP contribution in [0.15, 0.2) is 9.64 Å². The molecule has 2 atom stereocenters. The number of aliphatic carboxylic acids is 1. The molecule has 0 amide bonds. The van der Waals surface area contributed by atoms with Crippen molar-refractivity contribution in [2.75, 3.05) is 0 Å². The molecule has 0 radical (unpaired) electrons. The predicted octanol–water partition coefficient (Wildman–Crippen LogP) is 2.11. The molecule has 2 rings (SSSR count). The molecular weight excluding hydrogens is 252 g/mol. The van der Waals surface area contributed by atoms with Crippen LogP contribution in [0, 0.1) is 13.8 Å². The van der Waals surface area contributed by atoms with Gasteiger partial charge in [-0.25, -0.2) is 4.98 Å². The summed E-state index contributed by atoms with van der Waals surface area (Å²) in [5.74, 6) is -0.0990. The van der Waals surface area contributed by atoms with Crippen molar-refractivity contribution in [3.05, 3.63) is 11.5 Å². The zero-order valence-electron chi connectivity index (χ0n) is 10.6. The fourth-order valence-electron chi connectivity index (χ4n) is 2.19. The standard InChI is InChI=1S/C12H18N2O3S/c1-7-8(2)17-11(14-7)18-9-4-3-5-12(13,6-9)10(15)16/h9H,3-6,13H2,1-2H3,(H,15,16). The molecule has 5 nitrogen and oxygen atoms in total. The highest BCUT2D eigenvalue weighted by Crippen LogP contribution is 2.37. The van der Waals surface area contributed by atoms with Gasteiger partial charge in [-0.1, -0.05) is 11.8 Å². The Bertz CT molecular complexity index is 441. The summed E-state index contributed by atoms with van der Waals surface area (Å²) >= 11 is 1.50. The second-order valence-corrected chi connectivity index (χ2v) is 6.17. The molecule has 1 saturated carbocycles. The van der Waals surface area contributed by atoms with Crippen LogP contribution in [0.4, 0.5) is 0 Å². The zero-order chi connectivity index (χ0) is 13.3. The number of aromatic nitrogens is 1. The maximum Gasteiger partial charge on any atom is 0.323 e. The molecule has 0 saturated heterocycles. The maximum absolute atomic E-state index is 11.2. The molecule has 1 aromatic heterocycles. The third-order valence-corrected chi connectivity index (χ3v) is 4.56. The topological polar surface area (TPSA) is 89.3 Å². The van der Waals surface area contributed by atoms with Gasteiger partial charge in [-0.05, 0) is 39.5 Å². The molecule has 1 heterocycles. The van der Waals surface area contributed by atoms with Crippen LogP contribution in [0.25, 0.3) is 0 Å². The highest BCUT2D eigenvalue weighted by atomic mass is 32.2. The van der Waals surface area contributed by atoms with Crippen molar-refractivity contribution < 1.29 is 14.3 Å². The number of carboxylic acids is 1. The van der Waals surface area contributed by atoms with Gasteiger partial charge in [0.25, 0.3) is 5.22 Å². The molecule has 0 aromatic carbocycles. The lowest BCUT2D eigenvalue weighted by molar-refractivity contribution is -0.144. The van der Waals surface area contributed by atoms with Crippen molar-refractivity contribution in [2.45, 2.75) is 55.5 Å². The Hall–Kier alpha value is -1.01. The molecule has 18 heavy (non-hydrogen) atoms. The van der Waals surface area contributed by atoms with Crippen molar-refractivity contribution >= 4 is 17.7 Å². The Morgan fingerprint density at radius 3 is 2.89 bits per heavy atom. The van der Waals surface area contributed by atoms with Crippen LogP contribution in [0.3, 0.4) is 0 Å². The lowest BCUT2D eigenvalue weighted by Crippen LogP contribution is -2.51. The number of hydrogen-bond acceptors (Lipinski definition) is 5. The summed E-state index contributed by atoms with van der Waals surface area (Å²) in [7, 11) is 0. The van der Waals surface area contributed by atoms with Crippen molar-refractivity contribution in [1.82, 2.24) is 4.98 Å². The van der Waals surface area contributed by atoms with Crippen LogP contribution in [-0.4, -0.2) is 26.8 Å². The molecule has 1 aliphatic carbocycles. The van der Waals surface area contributed by atoms with Gasteiger partial charge in [0.2, 0.25) is 0 Å². The summed E-state index contributed by atoms with van der Waals surface area (Å²) in [6, 6.07) is 0. The highest BCUT2D eigenvalue weighted by molar-refractivity contribution is 7.99. The van der Waals surface area contributed by atoms with E-state index in [1.165, 1.54) is 11.8 Å². The minimum atomic E-state index is -1.09. The summed E-state index contributed by atoms with van der Waals surface area (Å²) in [6.45, 7) is 3.77. The van der Waals surface area contributed by atoms with Crippen LogP contribution in [0.5, 0.6) is 0 Å². The van der Waals surface area contributed by atoms with Gasteiger partial charge < -0.3 is 15.3 Å². The second kappa shape index (κ2) is 4.93. The summed E-state index contributed by atoms with van der Waals surface area (Å²) in [5, 5.41) is 9.94. The van der Waals surface area contributed by atoms with Crippen LogP contribution < -0.4 is 5.73 Å². The fraction of sp³-hybridized carbons (Fsp3) is 0.667. The first-order valence-corrected chi connectivity index (χ1v) is 6.91. The Kier molecular flexibility index (Phi) is 3.68. The van der Waals surface area contributed by atoms with Gasteiger partial charge in [0, 0.05) is 5.25 Å². The molecule has 0 aliphatic heterocycles. The van der Waals surface area contributed by atoms with Gasteiger partial charge in [0.1, 0.15) is 11.3 Å². The first-order chi connectivity index (χ1) is 8.40. The van der Waals surface area contributed by atoms with Crippen LogP contribution in [0.2, 0.25) is 0 Å². The fourth-order valence-corrected chi connectivity index (χ4v) is 3.50. The van der Waals surface area contributed by atoms with Crippen molar-refractivity contribution in [1.29, 1.82) is 0 Å². The smallest absolute Gasteiger partial charge is 0.323 e. The number of oxazole rings is 1. The molecule has 1 aliphatic rings. The molecule has 3 N–H and O–H groups in total. The van der Waals surface area contributed by atoms with Crippen LogP contribution in [-0.2, 0) is 4.79 Å². The molecule has 100 valence electrons. The minimum absolute atomic E-state index is 0.164. The number of aryl methyl sites for hydroxylation is 2. The van der Waals surface area contributed by atoms with E-state index in [1.807, 2.05) is 13.8 Å². The Labute approximate surface area is 110 Å². The first-order valence-electron chi connectivity index (χ1n) is 6.04. The number of hydrogen-bond donors (Lipinski definition) is 2. The van der Waals surface area contributed by atoms with Gasteiger partial charge in [0.15, 0.2) is 0 Å². The van der Waals surface area contributed by atoms with Crippen molar-refractivity contribution in [3.63, 3.8) is 0 Å². The van der Waals surface area contributed by atoms with Gasteiger partial charge >= 0.3 is 5.97 Å². The van der Waals surface area contributed by atoms with Crippen molar-refractivity contribution in [2.24, 2.45) is 5.73 Å². The number of carboxylic acid groups (broad SMARTS) is 1. The van der Waals surface area contributed by atoms with E-state index in [2.05, 4.69) is 4.98 Å². The minimum Gasteiger partial charge on any atom is -0.480 e. The summed E-state index contributed by atoms with van der Waals surface area (Å²) in [6.07, 6.45) is 2.80. The quantitative estimate of drug-likeness (QED) is 0.874. The van der Waals surface area contributed by atoms with E-state index >= 15 is 0 Å². The number of rotatable bonds is 3. The Balaban J connectivity index is 2.04. The zero-order valence-corrected chi connectivity index (χ0v) is 11.4. The lowest BCUT2D eigenvalue weighted by Gasteiger charge is -2.33. The molecular formula is C12H18N2O3S. The second-order valence-electron chi connectivity index (χ2n) is 4.92. The normalized spacial score (nSPS) is 28.3.